The van der Waals surface area contributed by atoms with Crippen LogP contribution in [0.2, 0.25) is 0 Å². The first-order valence-corrected chi connectivity index (χ1v) is 14.4. The lowest BCUT2D eigenvalue weighted by molar-refractivity contribution is 0.0730. The predicted molar refractivity (Wildman–Crippen MR) is 132 cm³/mol. The van der Waals surface area contributed by atoms with Crippen molar-refractivity contribution in [3.8, 4) is 0 Å². The average molecular weight is 492 g/mol. The van der Waals surface area contributed by atoms with Gasteiger partial charge in [0.1, 0.15) is 0 Å². The van der Waals surface area contributed by atoms with Crippen LogP contribution in [0.15, 0.2) is 0 Å². The highest BCUT2D eigenvalue weighted by molar-refractivity contribution is 7.86. The Kier molecular flexibility index (Phi) is 5.92. The maximum absolute atomic E-state index is 13.8. The second-order valence-corrected chi connectivity index (χ2v) is 14.3. The van der Waals surface area contributed by atoms with Gasteiger partial charge in [-0.3, -0.25) is 9.48 Å². The molecular weight excluding hydrogens is 450 g/mol. The lowest BCUT2D eigenvalue weighted by Gasteiger charge is -2.43. The van der Waals surface area contributed by atoms with Crippen LogP contribution < -0.4 is 5.32 Å². The molecule has 3 aliphatic carbocycles. The SMILES string of the molecule is CN(C)S(=O)(=O)N1CCc2c(c(C(=O)NC3C4(C)CCC(C4)C3(C)C)nn2C2CCCCC2)C1. The molecule has 3 atom stereocenters. The highest BCUT2D eigenvalue weighted by Crippen LogP contribution is 2.62. The molecule has 8 nitrogen and oxygen atoms in total. The van der Waals surface area contributed by atoms with Crippen molar-refractivity contribution in [1.29, 1.82) is 0 Å². The summed E-state index contributed by atoms with van der Waals surface area (Å²) in [5.41, 5.74) is 2.46. The molecule has 34 heavy (non-hydrogen) atoms. The summed E-state index contributed by atoms with van der Waals surface area (Å²) >= 11 is 0. The molecule has 9 heteroatoms. The minimum Gasteiger partial charge on any atom is -0.347 e. The summed E-state index contributed by atoms with van der Waals surface area (Å²) in [7, 11) is -0.446. The third-order valence-corrected chi connectivity index (χ3v) is 11.4. The van der Waals surface area contributed by atoms with Crippen LogP contribution in [0.4, 0.5) is 0 Å². The van der Waals surface area contributed by atoms with E-state index in [0.29, 0.717) is 30.6 Å². The molecule has 1 aromatic heterocycles. The zero-order chi connectivity index (χ0) is 24.5. The number of carbonyl (C=O) groups excluding carboxylic acids is 1. The van der Waals surface area contributed by atoms with Gasteiger partial charge in [-0.05, 0) is 48.9 Å². The summed E-state index contributed by atoms with van der Waals surface area (Å²) in [5.74, 6) is 0.499. The summed E-state index contributed by atoms with van der Waals surface area (Å²) in [4.78, 5) is 13.8. The molecule has 1 aromatic rings. The average Bonchev–Trinajstić information content (AvgIpc) is 3.43. The fourth-order valence-electron chi connectivity index (χ4n) is 7.52. The molecule has 0 radical (unpaired) electrons. The Morgan fingerprint density at radius 1 is 1.12 bits per heavy atom. The van der Waals surface area contributed by atoms with Crippen LogP contribution in [-0.2, 0) is 23.2 Å². The molecule has 2 heterocycles. The zero-order valence-electron chi connectivity index (χ0n) is 21.4. The molecule has 1 aliphatic heterocycles. The van der Waals surface area contributed by atoms with Crippen molar-refractivity contribution in [2.24, 2.45) is 16.7 Å². The molecule has 1 N–H and O–H groups in total. The van der Waals surface area contributed by atoms with Gasteiger partial charge in [-0.25, -0.2) is 0 Å². The molecule has 0 aromatic carbocycles. The van der Waals surface area contributed by atoms with Crippen LogP contribution in [0.3, 0.4) is 0 Å². The van der Waals surface area contributed by atoms with Gasteiger partial charge in [0.2, 0.25) is 0 Å². The first-order chi connectivity index (χ1) is 15.9. The van der Waals surface area contributed by atoms with Crippen LogP contribution in [0.25, 0.3) is 0 Å². The van der Waals surface area contributed by atoms with E-state index in [-0.39, 0.29) is 29.3 Å². The van der Waals surface area contributed by atoms with E-state index < -0.39 is 10.2 Å². The Morgan fingerprint density at radius 3 is 2.44 bits per heavy atom. The van der Waals surface area contributed by atoms with E-state index >= 15 is 0 Å². The Bertz CT molecular complexity index is 1070. The number of fused-ring (bicyclic) bond motifs is 3. The smallest absolute Gasteiger partial charge is 0.281 e. The fraction of sp³-hybridized carbons (Fsp3) is 0.840. The maximum atomic E-state index is 13.8. The van der Waals surface area contributed by atoms with Gasteiger partial charge in [-0.1, -0.05) is 40.0 Å². The van der Waals surface area contributed by atoms with Gasteiger partial charge in [0, 0.05) is 50.9 Å². The summed E-state index contributed by atoms with van der Waals surface area (Å²) in [5, 5.41) is 8.33. The van der Waals surface area contributed by atoms with Crippen LogP contribution in [0.1, 0.15) is 99.9 Å². The normalized spacial score (nSPS) is 31.7. The Morgan fingerprint density at radius 2 is 1.82 bits per heavy atom. The van der Waals surface area contributed by atoms with Crippen molar-refractivity contribution in [3.63, 3.8) is 0 Å². The second kappa shape index (κ2) is 8.30. The third-order valence-electron chi connectivity index (χ3n) is 9.52. The number of carbonyl (C=O) groups is 1. The largest absolute Gasteiger partial charge is 0.347 e. The second-order valence-electron chi connectivity index (χ2n) is 12.2. The van der Waals surface area contributed by atoms with Crippen LogP contribution in [0.5, 0.6) is 0 Å². The third kappa shape index (κ3) is 3.73. The van der Waals surface area contributed by atoms with Crippen molar-refractivity contribution in [1.82, 2.24) is 23.7 Å². The van der Waals surface area contributed by atoms with Crippen LogP contribution >= 0.6 is 0 Å². The van der Waals surface area contributed by atoms with E-state index in [4.69, 9.17) is 5.10 Å². The van der Waals surface area contributed by atoms with E-state index in [9.17, 15) is 13.2 Å². The Labute approximate surface area is 204 Å². The summed E-state index contributed by atoms with van der Waals surface area (Å²) in [6, 6.07) is 0.407. The molecule has 190 valence electrons. The van der Waals surface area contributed by atoms with Gasteiger partial charge in [-0.15, -0.1) is 0 Å². The highest BCUT2D eigenvalue weighted by Gasteiger charge is 2.60. The van der Waals surface area contributed by atoms with Gasteiger partial charge in [0.05, 0.1) is 6.04 Å². The number of hydrogen-bond donors (Lipinski definition) is 1. The summed E-state index contributed by atoms with van der Waals surface area (Å²) in [6.45, 7) is 7.51. The molecule has 3 fully saturated rings. The van der Waals surface area contributed by atoms with Gasteiger partial charge >= 0.3 is 0 Å². The van der Waals surface area contributed by atoms with Gasteiger partial charge < -0.3 is 5.32 Å². The van der Waals surface area contributed by atoms with Gasteiger partial charge in [0.25, 0.3) is 16.1 Å². The molecular formula is C25H41N5O3S. The lowest BCUT2D eigenvalue weighted by atomic mass is 9.68. The van der Waals surface area contributed by atoms with Crippen molar-refractivity contribution in [2.45, 2.75) is 97.2 Å². The molecule has 2 bridgehead atoms. The van der Waals surface area contributed by atoms with Crippen LogP contribution in [-0.4, -0.2) is 59.4 Å². The monoisotopic (exact) mass is 491 g/mol. The molecule has 0 spiro atoms. The molecule has 3 unspecified atom stereocenters. The number of amides is 1. The topological polar surface area (TPSA) is 87.5 Å². The molecule has 0 saturated heterocycles. The van der Waals surface area contributed by atoms with Crippen molar-refractivity contribution >= 4 is 16.1 Å². The van der Waals surface area contributed by atoms with Crippen molar-refractivity contribution in [2.75, 3.05) is 20.6 Å². The Balaban J connectivity index is 1.49. The quantitative estimate of drug-likeness (QED) is 0.683. The summed E-state index contributed by atoms with van der Waals surface area (Å²) < 4.78 is 30.6. The molecule has 4 aliphatic rings. The first kappa shape index (κ1) is 24.3. The molecule has 3 saturated carbocycles. The van der Waals surface area contributed by atoms with E-state index in [1.54, 1.807) is 14.1 Å². The zero-order valence-corrected chi connectivity index (χ0v) is 22.2. The van der Waals surface area contributed by atoms with E-state index in [2.05, 4.69) is 30.8 Å². The van der Waals surface area contributed by atoms with Crippen molar-refractivity contribution in [3.05, 3.63) is 17.0 Å². The number of hydrogen-bond acceptors (Lipinski definition) is 4. The molecule has 1 amide bonds. The molecule has 5 rings (SSSR count). The van der Waals surface area contributed by atoms with Gasteiger partial charge in [0.15, 0.2) is 5.69 Å². The van der Waals surface area contributed by atoms with E-state index in [0.717, 1.165) is 36.9 Å². The summed E-state index contributed by atoms with van der Waals surface area (Å²) in [6.07, 6.45) is 9.89. The number of rotatable bonds is 5. The maximum Gasteiger partial charge on any atom is 0.281 e. The lowest BCUT2D eigenvalue weighted by Crippen LogP contribution is -2.52. The number of aromatic nitrogens is 2. The number of nitrogens with zero attached hydrogens (tertiary/aromatic N) is 4. The fourth-order valence-corrected chi connectivity index (χ4v) is 8.60. The predicted octanol–water partition coefficient (Wildman–Crippen LogP) is 3.50. The Hall–Kier alpha value is -1.45. The minimum atomic E-state index is -3.56. The van der Waals surface area contributed by atoms with E-state index in [1.165, 1.54) is 34.3 Å². The standard InChI is InChI=1S/C25H41N5O3S/c1-24(2)17-11-13-25(3,15-17)23(24)26-22(31)21-19-16-29(34(32,33)28(4)5)14-12-20(19)30(27-21)18-9-7-6-8-10-18/h17-18,23H,6-16H2,1-5H3,(H,26,31). The number of nitrogens with one attached hydrogen (secondary N) is 1. The van der Waals surface area contributed by atoms with Crippen LogP contribution in [0, 0.1) is 16.7 Å². The minimum absolute atomic E-state index is 0.0505. The van der Waals surface area contributed by atoms with E-state index in [1.807, 2.05) is 0 Å². The van der Waals surface area contributed by atoms with Crippen molar-refractivity contribution < 1.29 is 13.2 Å². The van der Waals surface area contributed by atoms with Gasteiger partial charge in [-0.2, -0.15) is 22.1 Å². The highest BCUT2D eigenvalue weighted by atomic mass is 32.2. The first-order valence-electron chi connectivity index (χ1n) is 13.0.